The minimum absolute atomic E-state index is 0.853. The largest absolute Gasteiger partial charge is 0.497 e. The predicted octanol–water partition coefficient (Wildman–Crippen LogP) is 6.02. The molecule has 0 aliphatic heterocycles. The van der Waals surface area contributed by atoms with Crippen molar-refractivity contribution in [3.05, 3.63) is 71.6 Å². The first-order valence-electron chi connectivity index (χ1n) is 8.10. The van der Waals surface area contributed by atoms with Crippen LogP contribution in [0.25, 0.3) is 22.0 Å². The number of anilines is 2. The van der Waals surface area contributed by atoms with E-state index in [2.05, 4.69) is 54.7 Å². The first kappa shape index (κ1) is 15.7. The lowest BCUT2D eigenvalue weighted by Gasteiger charge is -2.04. The third-order valence-electron chi connectivity index (χ3n) is 4.16. The molecular weight excluding hydrogens is 328 g/mol. The zero-order chi connectivity index (χ0) is 17.2. The van der Waals surface area contributed by atoms with E-state index < -0.39 is 0 Å². The van der Waals surface area contributed by atoms with Crippen molar-refractivity contribution in [3.8, 4) is 17.0 Å². The highest BCUT2D eigenvalue weighted by atomic mass is 32.1. The van der Waals surface area contributed by atoms with E-state index in [0.29, 0.717) is 0 Å². The predicted molar refractivity (Wildman–Crippen MR) is 106 cm³/mol. The quantitative estimate of drug-likeness (QED) is 0.490. The average molecular weight is 346 g/mol. The third-order valence-corrected chi connectivity index (χ3v) is 5.05. The number of methoxy groups -OCH3 is 1. The van der Waals surface area contributed by atoms with Gasteiger partial charge in [-0.05, 0) is 54.1 Å². The Morgan fingerprint density at radius 3 is 2.44 bits per heavy atom. The number of aryl methyl sites for hydroxylation is 1. The van der Waals surface area contributed by atoms with Crippen LogP contribution in [-0.4, -0.2) is 12.1 Å². The van der Waals surface area contributed by atoms with Gasteiger partial charge >= 0.3 is 0 Å². The molecule has 0 atom stereocenters. The molecule has 0 bridgehead atoms. The molecule has 1 heterocycles. The van der Waals surface area contributed by atoms with Gasteiger partial charge in [0.25, 0.3) is 0 Å². The first-order chi connectivity index (χ1) is 12.2. The minimum atomic E-state index is 0.853. The Hall–Kier alpha value is -2.85. The molecule has 3 nitrogen and oxygen atoms in total. The molecule has 0 unspecified atom stereocenters. The lowest BCUT2D eigenvalue weighted by atomic mass is 10.1. The van der Waals surface area contributed by atoms with E-state index in [1.54, 1.807) is 18.4 Å². The Kier molecular flexibility index (Phi) is 4.12. The van der Waals surface area contributed by atoms with Crippen LogP contribution < -0.4 is 10.1 Å². The van der Waals surface area contributed by atoms with Gasteiger partial charge in [0.2, 0.25) is 0 Å². The van der Waals surface area contributed by atoms with Gasteiger partial charge in [0, 0.05) is 16.1 Å². The summed E-state index contributed by atoms with van der Waals surface area (Å²) in [6.45, 7) is 2.10. The van der Waals surface area contributed by atoms with Gasteiger partial charge < -0.3 is 10.1 Å². The molecule has 0 aliphatic rings. The van der Waals surface area contributed by atoms with E-state index in [1.807, 2.05) is 24.3 Å². The number of nitrogens with one attached hydrogen (secondary N) is 1. The van der Waals surface area contributed by atoms with Crippen molar-refractivity contribution in [2.24, 2.45) is 0 Å². The molecule has 0 fully saturated rings. The van der Waals surface area contributed by atoms with Crippen molar-refractivity contribution in [2.45, 2.75) is 6.92 Å². The number of ether oxygens (including phenoxy) is 1. The summed E-state index contributed by atoms with van der Waals surface area (Å²) >= 11 is 1.67. The number of nitrogens with zero attached hydrogens (tertiary/aromatic N) is 1. The molecule has 124 valence electrons. The SMILES string of the molecule is COc1ccc(-c2nc(Nc3ccc4ccccc4c3)sc2C)cc1. The van der Waals surface area contributed by atoms with Gasteiger partial charge in [0.15, 0.2) is 5.13 Å². The van der Waals surface area contributed by atoms with E-state index in [1.165, 1.54) is 15.6 Å². The van der Waals surface area contributed by atoms with Crippen LogP contribution in [-0.2, 0) is 0 Å². The second kappa shape index (κ2) is 6.57. The summed E-state index contributed by atoms with van der Waals surface area (Å²) in [5, 5.41) is 6.79. The topological polar surface area (TPSA) is 34.1 Å². The Balaban J connectivity index is 1.62. The van der Waals surface area contributed by atoms with Gasteiger partial charge in [-0.1, -0.05) is 30.3 Å². The third kappa shape index (κ3) is 3.21. The van der Waals surface area contributed by atoms with Crippen LogP contribution in [0.5, 0.6) is 5.75 Å². The van der Waals surface area contributed by atoms with Gasteiger partial charge in [-0.25, -0.2) is 4.98 Å². The van der Waals surface area contributed by atoms with Crippen molar-refractivity contribution >= 4 is 32.9 Å². The zero-order valence-corrected chi connectivity index (χ0v) is 14.9. The van der Waals surface area contributed by atoms with E-state index in [0.717, 1.165) is 27.8 Å². The summed E-state index contributed by atoms with van der Waals surface area (Å²) in [6, 6.07) is 22.7. The van der Waals surface area contributed by atoms with Gasteiger partial charge in [-0.15, -0.1) is 11.3 Å². The van der Waals surface area contributed by atoms with Crippen molar-refractivity contribution in [2.75, 3.05) is 12.4 Å². The Morgan fingerprint density at radius 1 is 0.920 bits per heavy atom. The van der Waals surface area contributed by atoms with Crippen LogP contribution in [0.2, 0.25) is 0 Å². The highest BCUT2D eigenvalue weighted by Gasteiger charge is 2.10. The maximum absolute atomic E-state index is 5.22. The van der Waals surface area contributed by atoms with Crippen LogP contribution in [0.3, 0.4) is 0 Å². The van der Waals surface area contributed by atoms with Crippen molar-refractivity contribution in [1.29, 1.82) is 0 Å². The monoisotopic (exact) mass is 346 g/mol. The van der Waals surface area contributed by atoms with E-state index >= 15 is 0 Å². The molecule has 0 aliphatic carbocycles. The molecule has 0 saturated heterocycles. The Bertz CT molecular complexity index is 1020. The molecule has 0 radical (unpaired) electrons. The van der Waals surface area contributed by atoms with Gasteiger partial charge in [-0.3, -0.25) is 0 Å². The summed E-state index contributed by atoms with van der Waals surface area (Å²) in [5.41, 5.74) is 3.16. The first-order valence-corrected chi connectivity index (χ1v) is 8.92. The number of hydrogen-bond acceptors (Lipinski definition) is 4. The maximum Gasteiger partial charge on any atom is 0.187 e. The fraction of sp³-hybridized carbons (Fsp3) is 0.0952. The van der Waals surface area contributed by atoms with E-state index in [-0.39, 0.29) is 0 Å². The second-order valence-electron chi connectivity index (χ2n) is 5.84. The highest BCUT2D eigenvalue weighted by molar-refractivity contribution is 7.16. The molecule has 4 aromatic rings. The fourth-order valence-corrected chi connectivity index (χ4v) is 3.71. The van der Waals surface area contributed by atoms with Crippen LogP contribution in [0.15, 0.2) is 66.7 Å². The summed E-state index contributed by atoms with van der Waals surface area (Å²) in [4.78, 5) is 5.97. The lowest BCUT2D eigenvalue weighted by Crippen LogP contribution is -1.90. The molecule has 0 amide bonds. The van der Waals surface area contributed by atoms with Crippen molar-refractivity contribution in [1.82, 2.24) is 4.98 Å². The summed E-state index contributed by atoms with van der Waals surface area (Å²) in [6.07, 6.45) is 0. The molecule has 4 heteroatoms. The van der Waals surface area contributed by atoms with Gasteiger partial charge in [-0.2, -0.15) is 0 Å². The smallest absolute Gasteiger partial charge is 0.187 e. The number of rotatable bonds is 4. The van der Waals surface area contributed by atoms with Crippen molar-refractivity contribution in [3.63, 3.8) is 0 Å². The molecule has 0 spiro atoms. The number of thiazole rings is 1. The Labute approximate surface area is 150 Å². The summed E-state index contributed by atoms with van der Waals surface area (Å²) < 4.78 is 5.22. The van der Waals surface area contributed by atoms with E-state index in [9.17, 15) is 0 Å². The van der Waals surface area contributed by atoms with Crippen LogP contribution in [0, 0.1) is 6.92 Å². The van der Waals surface area contributed by atoms with Gasteiger partial charge in [0.05, 0.1) is 12.8 Å². The molecule has 4 rings (SSSR count). The molecule has 3 aromatic carbocycles. The number of benzene rings is 3. The lowest BCUT2D eigenvalue weighted by molar-refractivity contribution is 0.415. The van der Waals surface area contributed by atoms with Crippen LogP contribution in [0.4, 0.5) is 10.8 Å². The number of hydrogen-bond donors (Lipinski definition) is 1. The van der Waals surface area contributed by atoms with Crippen LogP contribution in [0.1, 0.15) is 4.88 Å². The minimum Gasteiger partial charge on any atom is -0.497 e. The highest BCUT2D eigenvalue weighted by Crippen LogP contribution is 2.33. The summed E-state index contributed by atoms with van der Waals surface area (Å²) in [5.74, 6) is 0.853. The fourth-order valence-electron chi connectivity index (χ4n) is 2.86. The normalized spacial score (nSPS) is 10.8. The molecule has 0 saturated carbocycles. The van der Waals surface area contributed by atoms with Crippen molar-refractivity contribution < 1.29 is 4.74 Å². The van der Waals surface area contributed by atoms with Crippen LogP contribution >= 0.6 is 11.3 Å². The number of aromatic nitrogens is 1. The molecular formula is C21H18N2OS. The zero-order valence-electron chi connectivity index (χ0n) is 14.1. The van der Waals surface area contributed by atoms with Gasteiger partial charge in [0.1, 0.15) is 5.75 Å². The summed E-state index contributed by atoms with van der Waals surface area (Å²) in [7, 11) is 1.68. The van der Waals surface area contributed by atoms with E-state index in [4.69, 9.17) is 9.72 Å². The Morgan fingerprint density at radius 2 is 1.68 bits per heavy atom. The molecule has 25 heavy (non-hydrogen) atoms. The molecule has 1 aromatic heterocycles. The average Bonchev–Trinajstić information content (AvgIpc) is 3.02. The number of fused-ring (bicyclic) bond motifs is 1. The standard InChI is InChI=1S/C21H18N2OS/c1-14-20(16-8-11-19(24-2)12-9-16)23-21(25-14)22-18-10-7-15-5-3-4-6-17(15)13-18/h3-13H,1-2H3,(H,22,23). The molecule has 1 N–H and O–H groups in total. The maximum atomic E-state index is 5.22. The second-order valence-corrected chi connectivity index (χ2v) is 7.04.